The molecule has 154 valence electrons. The van der Waals surface area contributed by atoms with Gasteiger partial charge in [-0.25, -0.2) is 4.79 Å². The van der Waals surface area contributed by atoms with Crippen LogP contribution in [0.1, 0.15) is 24.0 Å². The van der Waals surface area contributed by atoms with E-state index >= 15 is 0 Å². The van der Waals surface area contributed by atoms with E-state index in [-0.39, 0.29) is 11.8 Å². The van der Waals surface area contributed by atoms with Gasteiger partial charge in [0, 0.05) is 11.3 Å². The number of fused-ring (bicyclic) bond motifs is 1. The van der Waals surface area contributed by atoms with Crippen molar-refractivity contribution in [2.24, 2.45) is 0 Å². The van der Waals surface area contributed by atoms with Crippen LogP contribution in [0.4, 0.5) is 17.6 Å². The minimum atomic E-state index is -0.645. The molecule has 0 aliphatic carbocycles. The van der Waals surface area contributed by atoms with Crippen LogP contribution in [0, 0.1) is 0 Å². The maximum Gasteiger partial charge on any atom is 0.336 e. The van der Waals surface area contributed by atoms with E-state index in [2.05, 4.69) is 15.3 Å². The molecule has 10 heteroatoms. The Morgan fingerprint density at radius 1 is 1.03 bits per heavy atom. The lowest BCUT2D eigenvalue weighted by atomic mass is 9.81. The lowest BCUT2D eigenvalue weighted by molar-refractivity contribution is -0.136. The maximum absolute atomic E-state index is 12.7. The van der Waals surface area contributed by atoms with Crippen molar-refractivity contribution in [1.29, 1.82) is 0 Å². The zero-order valence-electron chi connectivity index (χ0n) is 16.8. The highest BCUT2D eigenvalue weighted by molar-refractivity contribution is 5.95. The molecule has 1 aliphatic heterocycles. The van der Waals surface area contributed by atoms with E-state index in [1.54, 1.807) is 19.1 Å². The van der Waals surface area contributed by atoms with Gasteiger partial charge in [0.1, 0.15) is 11.6 Å². The SMILES string of the molecule is COC(=O)C1=C(C)Nc2nc(N)nc(N)c2C1c1cc(OC)c(OC)c(OC)c1. The van der Waals surface area contributed by atoms with Gasteiger partial charge in [0.05, 0.1) is 39.9 Å². The topological polar surface area (TPSA) is 144 Å². The number of esters is 1. The standard InChI is InChI=1S/C19H23N5O5/c1-8-12(18(25)29-5)13(14-16(20)23-19(21)24-17(14)22-8)9-6-10(26-2)15(28-4)11(7-9)27-3/h6-7,13H,1-5H3,(H5,20,21,22,23,24). The molecule has 0 spiro atoms. The first-order valence-corrected chi connectivity index (χ1v) is 8.65. The smallest absolute Gasteiger partial charge is 0.336 e. The number of allylic oxidation sites excluding steroid dienone is 1. The van der Waals surface area contributed by atoms with E-state index in [1.807, 2.05) is 0 Å². The first-order chi connectivity index (χ1) is 13.9. The summed E-state index contributed by atoms with van der Waals surface area (Å²) < 4.78 is 21.3. The number of hydrogen-bond acceptors (Lipinski definition) is 10. The van der Waals surface area contributed by atoms with E-state index in [1.165, 1.54) is 28.4 Å². The molecule has 0 saturated heterocycles. The number of methoxy groups -OCH3 is 4. The van der Waals surface area contributed by atoms with Gasteiger partial charge in [-0.05, 0) is 24.6 Å². The van der Waals surface area contributed by atoms with Crippen molar-refractivity contribution < 1.29 is 23.7 Å². The van der Waals surface area contributed by atoms with E-state index in [0.717, 1.165) is 0 Å². The summed E-state index contributed by atoms with van der Waals surface area (Å²) in [5, 5.41) is 3.07. The third-order valence-corrected chi connectivity index (χ3v) is 4.71. The molecule has 1 aromatic heterocycles. The second kappa shape index (κ2) is 7.74. The van der Waals surface area contributed by atoms with Gasteiger partial charge in [-0.15, -0.1) is 0 Å². The molecule has 29 heavy (non-hydrogen) atoms. The predicted octanol–water partition coefficient (Wildman–Crippen LogP) is 1.67. The van der Waals surface area contributed by atoms with Gasteiger partial charge in [-0.2, -0.15) is 9.97 Å². The Morgan fingerprint density at radius 3 is 2.17 bits per heavy atom. The van der Waals surface area contributed by atoms with E-state index in [4.69, 9.17) is 30.4 Å². The molecule has 1 aromatic carbocycles. The van der Waals surface area contributed by atoms with Crippen LogP contribution in [0.25, 0.3) is 0 Å². The number of hydrogen-bond donors (Lipinski definition) is 3. The zero-order chi connectivity index (χ0) is 21.3. The molecule has 0 fully saturated rings. The number of aromatic nitrogens is 2. The molecule has 1 unspecified atom stereocenters. The second-order valence-corrected chi connectivity index (χ2v) is 6.28. The Kier molecular flexibility index (Phi) is 5.35. The van der Waals surface area contributed by atoms with Gasteiger partial charge in [-0.1, -0.05) is 0 Å². The van der Waals surface area contributed by atoms with Crippen LogP contribution < -0.4 is 31.0 Å². The molecule has 1 atom stereocenters. The molecule has 10 nitrogen and oxygen atoms in total. The van der Waals surface area contributed by atoms with E-state index in [0.29, 0.717) is 45.5 Å². The van der Waals surface area contributed by atoms with Crippen LogP contribution in [-0.4, -0.2) is 44.4 Å². The largest absolute Gasteiger partial charge is 0.493 e. The third-order valence-electron chi connectivity index (χ3n) is 4.71. The van der Waals surface area contributed by atoms with Crippen molar-refractivity contribution in [1.82, 2.24) is 9.97 Å². The quantitative estimate of drug-likeness (QED) is 0.633. The Morgan fingerprint density at radius 2 is 1.66 bits per heavy atom. The van der Waals surface area contributed by atoms with E-state index in [9.17, 15) is 4.79 Å². The van der Waals surface area contributed by atoms with Gasteiger partial charge in [0.25, 0.3) is 0 Å². The minimum Gasteiger partial charge on any atom is -0.493 e. The summed E-state index contributed by atoms with van der Waals surface area (Å²) >= 11 is 0. The molecule has 2 heterocycles. The summed E-state index contributed by atoms with van der Waals surface area (Å²) in [5.74, 6) is 0.703. The summed E-state index contributed by atoms with van der Waals surface area (Å²) in [7, 11) is 5.85. The van der Waals surface area contributed by atoms with Crippen LogP contribution >= 0.6 is 0 Å². The highest BCUT2D eigenvalue weighted by Crippen LogP contribution is 2.48. The number of benzene rings is 1. The van der Waals surface area contributed by atoms with Crippen LogP contribution in [0.3, 0.4) is 0 Å². The van der Waals surface area contributed by atoms with Crippen molar-refractivity contribution in [2.75, 3.05) is 45.2 Å². The van der Waals surface area contributed by atoms with Crippen molar-refractivity contribution in [2.45, 2.75) is 12.8 Å². The molecular weight excluding hydrogens is 378 g/mol. The normalized spacial score (nSPS) is 15.3. The van der Waals surface area contributed by atoms with Gasteiger partial charge >= 0.3 is 5.97 Å². The molecule has 0 saturated carbocycles. The number of nitrogens with zero attached hydrogens (tertiary/aromatic N) is 2. The Balaban J connectivity index is 2.34. The van der Waals surface area contributed by atoms with Gasteiger partial charge < -0.3 is 35.7 Å². The van der Waals surface area contributed by atoms with Crippen LogP contribution in [0.15, 0.2) is 23.4 Å². The summed E-state index contributed by atoms with van der Waals surface area (Å²) in [6.45, 7) is 1.74. The Labute approximate surface area is 167 Å². The van der Waals surface area contributed by atoms with Gasteiger partial charge in [0.2, 0.25) is 11.7 Å². The first kappa shape index (κ1) is 20.1. The summed E-state index contributed by atoms with van der Waals surface area (Å²) in [4.78, 5) is 21.0. The van der Waals surface area contributed by atoms with Crippen LogP contribution in [-0.2, 0) is 9.53 Å². The second-order valence-electron chi connectivity index (χ2n) is 6.28. The molecule has 1 aliphatic rings. The fraction of sp³-hybridized carbons (Fsp3) is 0.316. The average molecular weight is 401 g/mol. The number of nitrogens with two attached hydrogens (primary N) is 2. The number of ether oxygens (including phenoxy) is 4. The van der Waals surface area contributed by atoms with E-state index < -0.39 is 11.9 Å². The highest BCUT2D eigenvalue weighted by Gasteiger charge is 2.37. The van der Waals surface area contributed by atoms with Crippen molar-refractivity contribution in [3.05, 3.63) is 34.5 Å². The fourth-order valence-electron chi connectivity index (χ4n) is 3.47. The number of nitrogens with one attached hydrogen (secondary N) is 1. The number of nitrogen functional groups attached to an aromatic ring is 2. The molecule has 0 amide bonds. The Hall–Kier alpha value is -3.69. The predicted molar refractivity (Wildman–Crippen MR) is 107 cm³/mol. The molecule has 0 bridgehead atoms. The minimum absolute atomic E-state index is 0.0201. The van der Waals surface area contributed by atoms with Crippen molar-refractivity contribution in [3.8, 4) is 17.2 Å². The number of anilines is 3. The number of carbonyl (C=O) groups excluding carboxylic acids is 1. The Bertz CT molecular complexity index is 980. The molecule has 0 radical (unpaired) electrons. The molecular formula is C19H23N5O5. The first-order valence-electron chi connectivity index (χ1n) is 8.65. The molecule has 5 N–H and O–H groups in total. The number of rotatable bonds is 5. The van der Waals surface area contributed by atoms with Gasteiger partial charge in [-0.3, -0.25) is 0 Å². The molecule has 2 aromatic rings. The molecule has 3 rings (SSSR count). The monoisotopic (exact) mass is 401 g/mol. The summed E-state index contributed by atoms with van der Waals surface area (Å²) in [6, 6.07) is 3.49. The lowest BCUT2D eigenvalue weighted by Crippen LogP contribution is -2.26. The summed E-state index contributed by atoms with van der Waals surface area (Å²) in [5.41, 5.74) is 14.0. The fourth-order valence-corrected chi connectivity index (χ4v) is 3.47. The van der Waals surface area contributed by atoms with Crippen LogP contribution in [0.5, 0.6) is 17.2 Å². The lowest BCUT2D eigenvalue weighted by Gasteiger charge is -2.30. The average Bonchev–Trinajstić information content (AvgIpc) is 2.70. The third kappa shape index (κ3) is 3.33. The number of carbonyl (C=O) groups is 1. The van der Waals surface area contributed by atoms with Gasteiger partial charge in [0.15, 0.2) is 11.5 Å². The van der Waals surface area contributed by atoms with Crippen molar-refractivity contribution >= 4 is 23.6 Å². The maximum atomic E-state index is 12.7. The van der Waals surface area contributed by atoms with Crippen molar-refractivity contribution in [3.63, 3.8) is 0 Å². The highest BCUT2D eigenvalue weighted by atomic mass is 16.5. The summed E-state index contributed by atoms with van der Waals surface area (Å²) in [6.07, 6.45) is 0. The zero-order valence-corrected chi connectivity index (χ0v) is 16.8. The van der Waals surface area contributed by atoms with Crippen LogP contribution in [0.2, 0.25) is 0 Å².